The molecular weight excluding hydrogens is 399 g/mol. The number of unbranched alkanes of at least 4 members (excludes halogenated alkanes) is 13. The number of phosphoric ester groups is 1. The van der Waals surface area contributed by atoms with Crippen LogP contribution in [0.25, 0.3) is 0 Å². The summed E-state index contributed by atoms with van der Waals surface area (Å²) in [4.78, 5) is 9.62. The lowest BCUT2D eigenvalue weighted by molar-refractivity contribution is -0.870. The Morgan fingerprint density at radius 1 is 0.700 bits per heavy atom. The summed E-state index contributed by atoms with van der Waals surface area (Å²) >= 11 is 0. The largest absolute Gasteiger partial charge is 0.472 e. The van der Waals surface area contributed by atoms with Gasteiger partial charge in [0.05, 0.1) is 27.7 Å². The maximum atomic E-state index is 11.7. The fourth-order valence-electron chi connectivity index (χ4n) is 3.27. The molecule has 0 bridgehead atoms. The van der Waals surface area contributed by atoms with Crippen LogP contribution in [0.2, 0.25) is 0 Å². The number of nitrogens with zero attached hydrogens (tertiary/aromatic N) is 1. The van der Waals surface area contributed by atoms with Crippen molar-refractivity contribution < 1.29 is 23.0 Å². The average molecular weight is 452 g/mol. The minimum atomic E-state index is -3.92. The quantitative estimate of drug-likeness (QED) is 0.115. The van der Waals surface area contributed by atoms with Crippen molar-refractivity contribution in [2.75, 3.05) is 54.0 Å². The van der Waals surface area contributed by atoms with E-state index in [4.69, 9.17) is 9.05 Å². The third kappa shape index (κ3) is 24.3. The number of phosphoric acid groups is 1. The number of rotatable bonds is 23. The molecule has 30 heavy (non-hydrogen) atoms. The first-order valence-corrected chi connectivity index (χ1v) is 13.9. The molecule has 0 aliphatic rings. The highest BCUT2D eigenvalue weighted by atomic mass is 31.2. The zero-order valence-electron chi connectivity index (χ0n) is 20.5. The van der Waals surface area contributed by atoms with Gasteiger partial charge in [-0.3, -0.25) is 9.05 Å². The maximum Gasteiger partial charge on any atom is 0.472 e. The molecule has 0 rings (SSSR count). The predicted molar refractivity (Wildman–Crippen MR) is 128 cm³/mol. The lowest BCUT2D eigenvalue weighted by Gasteiger charge is -2.24. The van der Waals surface area contributed by atoms with E-state index in [1.54, 1.807) is 0 Å². The van der Waals surface area contributed by atoms with Gasteiger partial charge >= 0.3 is 7.82 Å². The minimum absolute atomic E-state index is 0.191. The highest BCUT2D eigenvalue weighted by Gasteiger charge is 2.21. The summed E-state index contributed by atoms with van der Waals surface area (Å²) in [7, 11) is 2.10. The first-order valence-electron chi connectivity index (χ1n) is 12.4. The molecule has 0 saturated carbocycles. The second-order valence-electron chi connectivity index (χ2n) is 9.50. The van der Waals surface area contributed by atoms with Gasteiger partial charge in [0.15, 0.2) is 0 Å². The number of quaternary nitrogens is 1. The number of hydrogen-bond acceptors (Lipinski definition) is 4. The van der Waals surface area contributed by atoms with Crippen LogP contribution in [0.5, 0.6) is 0 Å². The topological polar surface area (TPSA) is 67.8 Å². The van der Waals surface area contributed by atoms with Crippen molar-refractivity contribution in [2.24, 2.45) is 0 Å². The molecule has 1 unspecified atom stereocenters. The number of likely N-dealkylation sites (N-methyl/N-ethyl adjacent to an activating group) is 1. The first-order chi connectivity index (χ1) is 14.3. The second-order valence-corrected chi connectivity index (χ2v) is 10.9. The van der Waals surface area contributed by atoms with Crippen LogP contribution in [0.15, 0.2) is 0 Å². The molecule has 0 spiro atoms. The molecule has 0 fully saturated rings. The normalized spacial score (nSPS) is 14.2. The molecule has 0 aromatic rings. The van der Waals surface area contributed by atoms with Gasteiger partial charge in [-0.05, 0) is 13.0 Å². The van der Waals surface area contributed by atoms with Crippen LogP contribution in [0.1, 0.15) is 96.8 Å². The standard InChI is InChI=1S/C23H51N2O4P/c1-5-6-7-8-9-10-11-12-13-14-15-16-17-18-19-24-20-22-28-30(26,27)29-23-21-25(2,3)4/h24H,5-23H2,1-4H3/p+1. The molecule has 6 nitrogen and oxygen atoms in total. The molecule has 0 heterocycles. The van der Waals surface area contributed by atoms with Crippen molar-refractivity contribution in [3.63, 3.8) is 0 Å². The van der Waals surface area contributed by atoms with Crippen LogP contribution < -0.4 is 5.32 Å². The monoisotopic (exact) mass is 451 g/mol. The zero-order valence-corrected chi connectivity index (χ0v) is 21.4. The summed E-state index contributed by atoms with van der Waals surface area (Å²) in [5.74, 6) is 0. The SMILES string of the molecule is CCCCCCCCCCCCCCCCNCCOP(=O)(O)OCC[N+](C)(C)C. The molecule has 1 atom stereocenters. The summed E-state index contributed by atoms with van der Waals surface area (Å²) in [6.07, 6.45) is 19.1. The predicted octanol–water partition coefficient (Wildman–Crippen LogP) is 5.90. The van der Waals surface area contributed by atoms with E-state index in [1.165, 1.54) is 83.5 Å². The molecule has 7 heteroatoms. The Morgan fingerprint density at radius 3 is 1.60 bits per heavy atom. The fraction of sp³-hybridized carbons (Fsp3) is 1.00. The Morgan fingerprint density at radius 2 is 1.13 bits per heavy atom. The van der Waals surface area contributed by atoms with Gasteiger partial charge in [-0.15, -0.1) is 0 Å². The minimum Gasteiger partial charge on any atom is -0.329 e. The summed E-state index contributed by atoms with van der Waals surface area (Å²) in [6, 6.07) is 0. The zero-order chi connectivity index (χ0) is 22.6. The van der Waals surface area contributed by atoms with Crippen LogP contribution in [-0.4, -0.2) is 63.4 Å². The molecule has 2 N–H and O–H groups in total. The van der Waals surface area contributed by atoms with Crippen LogP contribution in [0, 0.1) is 0 Å². The Bertz CT molecular complexity index is 416. The Labute approximate surface area is 187 Å². The third-order valence-corrected chi connectivity index (χ3v) is 6.27. The molecule has 0 aromatic carbocycles. The van der Waals surface area contributed by atoms with E-state index in [2.05, 4.69) is 12.2 Å². The number of nitrogens with one attached hydrogen (secondary N) is 1. The van der Waals surface area contributed by atoms with Gasteiger partial charge in [-0.25, -0.2) is 4.57 Å². The van der Waals surface area contributed by atoms with E-state index in [-0.39, 0.29) is 13.2 Å². The first kappa shape index (κ1) is 30.0. The Balaban J connectivity index is 3.26. The van der Waals surface area contributed by atoms with Crippen molar-refractivity contribution >= 4 is 7.82 Å². The van der Waals surface area contributed by atoms with Crippen LogP contribution in [-0.2, 0) is 13.6 Å². The fourth-order valence-corrected chi connectivity index (χ4v) is 3.98. The molecule has 0 radical (unpaired) electrons. The van der Waals surface area contributed by atoms with E-state index in [0.717, 1.165) is 13.0 Å². The van der Waals surface area contributed by atoms with Crippen LogP contribution in [0.3, 0.4) is 0 Å². The van der Waals surface area contributed by atoms with Crippen molar-refractivity contribution in [3.05, 3.63) is 0 Å². The summed E-state index contributed by atoms with van der Waals surface area (Å²) in [5, 5.41) is 3.27. The van der Waals surface area contributed by atoms with Gasteiger partial charge in [0, 0.05) is 6.54 Å². The molecule has 0 aliphatic carbocycles. The van der Waals surface area contributed by atoms with Crippen molar-refractivity contribution in [1.29, 1.82) is 0 Å². The smallest absolute Gasteiger partial charge is 0.329 e. The van der Waals surface area contributed by atoms with E-state index in [9.17, 15) is 9.46 Å². The Hall–Kier alpha value is 0.0300. The molecular formula is C23H52N2O4P+. The summed E-state index contributed by atoms with van der Waals surface area (Å²) < 4.78 is 22.4. The maximum absolute atomic E-state index is 11.7. The summed E-state index contributed by atoms with van der Waals surface area (Å²) in [6.45, 7) is 4.84. The molecule has 0 aromatic heterocycles. The Kier molecular flexibility index (Phi) is 19.7. The van der Waals surface area contributed by atoms with Gasteiger partial charge in [0.25, 0.3) is 0 Å². The highest BCUT2D eigenvalue weighted by molar-refractivity contribution is 7.47. The highest BCUT2D eigenvalue weighted by Crippen LogP contribution is 2.42. The van der Waals surface area contributed by atoms with Gasteiger partial charge in [-0.1, -0.05) is 90.4 Å². The molecule has 182 valence electrons. The average Bonchev–Trinajstić information content (AvgIpc) is 2.65. The molecule has 0 aliphatic heterocycles. The van der Waals surface area contributed by atoms with Gasteiger partial charge in [0.1, 0.15) is 13.2 Å². The lowest BCUT2D eigenvalue weighted by atomic mass is 10.0. The van der Waals surface area contributed by atoms with Crippen molar-refractivity contribution in [2.45, 2.75) is 96.8 Å². The number of hydrogen-bond donors (Lipinski definition) is 2. The van der Waals surface area contributed by atoms with Crippen molar-refractivity contribution in [3.8, 4) is 0 Å². The van der Waals surface area contributed by atoms with Gasteiger partial charge in [0.2, 0.25) is 0 Å². The third-order valence-electron chi connectivity index (χ3n) is 5.26. The van der Waals surface area contributed by atoms with E-state index in [0.29, 0.717) is 17.6 Å². The summed E-state index contributed by atoms with van der Waals surface area (Å²) in [5.41, 5.74) is 0. The van der Waals surface area contributed by atoms with E-state index < -0.39 is 7.82 Å². The van der Waals surface area contributed by atoms with Crippen LogP contribution in [0.4, 0.5) is 0 Å². The van der Waals surface area contributed by atoms with Gasteiger partial charge < -0.3 is 14.7 Å². The molecule has 0 saturated heterocycles. The van der Waals surface area contributed by atoms with E-state index in [1.807, 2.05) is 21.1 Å². The molecule has 0 amide bonds. The van der Waals surface area contributed by atoms with Crippen LogP contribution >= 0.6 is 7.82 Å². The van der Waals surface area contributed by atoms with E-state index >= 15 is 0 Å². The lowest BCUT2D eigenvalue weighted by Crippen LogP contribution is -2.37. The van der Waals surface area contributed by atoms with Gasteiger partial charge in [-0.2, -0.15) is 0 Å². The second kappa shape index (κ2) is 19.7. The van der Waals surface area contributed by atoms with Crippen molar-refractivity contribution in [1.82, 2.24) is 5.32 Å².